The lowest BCUT2D eigenvalue weighted by Gasteiger charge is -2.16. The van der Waals surface area contributed by atoms with Crippen molar-refractivity contribution >= 4 is 11.8 Å². The fourth-order valence-corrected chi connectivity index (χ4v) is 1.42. The molecule has 1 saturated heterocycles. The largest absolute Gasteiger partial charge is 0.301 e. The van der Waals surface area contributed by atoms with Crippen molar-refractivity contribution in [3.63, 3.8) is 0 Å². The van der Waals surface area contributed by atoms with Crippen LogP contribution >= 0.6 is 0 Å². The topological polar surface area (TPSA) is 58.2 Å². The second-order valence-corrected chi connectivity index (χ2v) is 2.69. The number of hydrogen-bond donors (Lipinski definition) is 2. The third-order valence-electron chi connectivity index (χ3n) is 1.99. The summed E-state index contributed by atoms with van der Waals surface area (Å²) in [6, 6.07) is -0.326. The Morgan fingerprint density at radius 3 is 2.91 bits per heavy atom. The number of carbonyl (C=O) groups is 2. The molecule has 0 saturated carbocycles. The van der Waals surface area contributed by atoms with Gasteiger partial charge in [0.05, 0.1) is 5.92 Å². The molecule has 0 aromatic rings. The first-order valence-electron chi connectivity index (χ1n) is 3.54. The molecular weight excluding hydrogens is 144 g/mol. The minimum absolute atomic E-state index is 0.191. The van der Waals surface area contributed by atoms with Crippen LogP contribution in [0.15, 0.2) is 12.2 Å². The summed E-state index contributed by atoms with van der Waals surface area (Å²) in [6.07, 6.45) is 3.64. The fourth-order valence-electron chi connectivity index (χ4n) is 1.42. The quantitative estimate of drug-likeness (QED) is 0.338. The van der Waals surface area contributed by atoms with Crippen LogP contribution in [-0.2, 0) is 9.59 Å². The van der Waals surface area contributed by atoms with Gasteiger partial charge in [0.25, 0.3) is 0 Å². The summed E-state index contributed by atoms with van der Waals surface area (Å²) in [7, 11) is 0. The second kappa shape index (κ2) is 2.17. The summed E-state index contributed by atoms with van der Waals surface area (Å²) in [4.78, 5) is 22.0. The maximum absolute atomic E-state index is 11.0. The Morgan fingerprint density at radius 1 is 1.36 bits per heavy atom. The van der Waals surface area contributed by atoms with Gasteiger partial charge in [-0.15, -0.1) is 0 Å². The van der Waals surface area contributed by atoms with E-state index in [-0.39, 0.29) is 23.8 Å². The van der Waals surface area contributed by atoms with Crippen LogP contribution in [0.25, 0.3) is 0 Å². The Bertz CT molecular complexity index is 247. The predicted octanol–water partition coefficient (Wildman–Crippen LogP) is -1.21. The average molecular weight is 152 g/mol. The van der Waals surface area contributed by atoms with Gasteiger partial charge in [0.2, 0.25) is 11.8 Å². The fraction of sp³-hybridized carbons (Fsp3) is 0.429. The summed E-state index contributed by atoms with van der Waals surface area (Å²) < 4.78 is 0. The smallest absolute Gasteiger partial charge is 0.244 e. The van der Waals surface area contributed by atoms with E-state index < -0.39 is 0 Å². The van der Waals surface area contributed by atoms with Crippen LogP contribution in [0, 0.1) is 5.92 Å². The third kappa shape index (κ3) is 0.867. The molecular formula is C7H8N2O2. The lowest BCUT2D eigenvalue weighted by atomic mass is 9.99. The molecule has 2 amide bonds. The first-order chi connectivity index (χ1) is 5.29. The second-order valence-electron chi connectivity index (χ2n) is 2.69. The first kappa shape index (κ1) is 6.54. The molecule has 2 N–H and O–H groups in total. The molecule has 1 fully saturated rings. The molecule has 11 heavy (non-hydrogen) atoms. The van der Waals surface area contributed by atoms with Gasteiger partial charge in [0.15, 0.2) is 0 Å². The highest BCUT2D eigenvalue weighted by molar-refractivity contribution is 6.08. The number of rotatable bonds is 0. The van der Waals surface area contributed by atoms with Crippen LogP contribution in [0.2, 0.25) is 0 Å². The van der Waals surface area contributed by atoms with Gasteiger partial charge >= 0.3 is 0 Å². The Kier molecular flexibility index (Phi) is 1.29. The number of fused-ring (bicyclic) bond motifs is 1. The van der Waals surface area contributed by atoms with E-state index in [9.17, 15) is 9.59 Å². The predicted molar refractivity (Wildman–Crippen MR) is 37.6 cm³/mol. The number of amides is 2. The van der Waals surface area contributed by atoms with Crippen molar-refractivity contribution < 1.29 is 9.59 Å². The van der Waals surface area contributed by atoms with Crippen LogP contribution in [0.1, 0.15) is 0 Å². The highest BCUT2D eigenvalue weighted by Gasteiger charge is 2.40. The van der Waals surface area contributed by atoms with Crippen molar-refractivity contribution in [3.05, 3.63) is 12.2 Å². The van der Waals surface area contributed by atoms with Crippen molar-refractivity contribution in [2.75, 3.05) is 6.54 Å². The lowest BCUT2D eigenvalue weighted by Crippen LogP contribution is -2.41. The van der Waals surface area contributed by atoms with Crippen LogP contribution in [0.4, 0.5) is 0 Å². The van der Waals surface area contributed by atoms with Gasteiger partial charge in [0.1, 0.15) is 6.04 Å². The van der Waals surface area contributed by atoms with Crippen LogP contribution < -0.4 is 10.6 Å². The minimum atomic E-state index is -0.326. The molecule has 0 spiro atoms. The zero-order valence-corrected chi connectivity index (χ0v) is 5.83. The van der Waals surface area contributed by atoms with Crippen molar-refractivity contribution in [1.82, 2.24) is 10.6 Å². The zero-order chi connectivity index (χ0) is 7.84. The SMILES string of the molecule is O=C1NC(=O)C2NCC=CC12. The Hall–Kier alpha value is -1.16. The van der Waals surface area contributed by atoms with Gasteiger partial charge in [-0.3, -0.25) is 14.9 Å². The van der Waals surface area contributed by atoms with E-state index in [0.717, 1.165) is 0 Å². The molecule has 2 rings (SSSR count). The molecule has 0 aromatic heterocycles. The van der Waals surface area contributed by atoms with E-state index in [1.807, 2.05) is 6.08 Å². The molecule has 0 bridgehead atoms. The van der Waals surface area contributed by atoms with E-state index >= 15 is 0 Å². The summed E-state index contributed by atoms with van der Waals surface area (Å²) in [5.41, 5.74) is 0. The van der Waals surface area contributed by atoms with Gasteiger partial charge in [-0.2, -0.15) is 0 Å². The monoisotopic (exact) mass is 152 g/mol. The summed E-state index contributed by atoms with van der Waals surface area (Å²) in [5.74, 6) is -0.677. The highest BCUT2D eigenvalue weighted by Crippen LogP contribution is 2.15. The van der Waals surface area contributed by atoms with Crippen LogP contribution in [0.5, 0.6) is 0 Å². The van der Waals surface area contributed by atoms with Crippen LogP contribution in [-0.4, -0.2) is 24.4 Å². The maximum Gasteiger partial charge on any atom is 0.244 e. The molecule has 0 aromatic carbocycles. The molecule has 4 nitrogen and oxygen atoms in total. The standard InChI is InChI=1S/C7H8N2O2/c10-6-4-2-1-3-8-5(4)7(11)9-6/h1-2,4-5,8H,3H2,(H,9,10,11). The van der Waals surface area contributed by atoms with Crippen LogP contribution in [0.3, 0.4) is 0 Å². The third-order valence-corrected chi connectivity index (χ3v) is 1.99. The van der Waals surface area contributed by atoms with Crippen molar-refractivity contribution in [1.29, 1.82) is 0 Å². The molecule has 0 aliphatic carbocycles. The number of imide groups is 1. The number of carbonyl (C=O) groups excluding carboxylic acids is 2. The Labute approximate surface area is 63.7 Å². The molecule has 2 aliphatic rings. The van der Waals surface area contributed by atoms with Gasteiger partial charge in [-0.25, -0.2) is 0 Å². The molecule has 2 aliphatic heterocycles. The number of hydrogen-bond acceptors (Lipinski definition) is 3. The van der Waals surface area contributed by atoms with Gasteiger partial charge in [-0.05, 0) is 0 Å². The summed E-state index contributed by atoms with van der Waals surface area (Å²) in [5, 5.41) is 5.21. The Balaban J connectivity index is 2.30. The van der Waals surface area contributed by atoms with Gasteiger partial charge < -0.3 is 5.32 Å². The lowest BCUT2D eigenvalue weighted by molar-refractivity contribution is -0.125. The van der Waals surface area contributed by atoms with Gasteiger partial charge in [0, 0.05) is 6.54 Å². The summed E-state index contributed by atoms with van der Waals surface area (Å²) >= 11 is 0. The van der Waals surface area contributed by atoms with Crippen molar-refractivity contribution in [2.24, 2.45) is 5.92 Å². The normalized spacial score (nSPS) is 35.3. The van der Waals surface area contributed by atoms with E-state index in [1.54, 1.807) is 6.08 Å². The Morgan fingerprint density at radius 2 is 2.18 bits per heavy atom. The van der Waals surface area contributed by atoms with Crippen molar-refractivity contribution in [3.8, 4) is 0 Å². The zero-order valence-electron chi connectivity index (χ0n) is 5.83. The average Bonchev–Trinajstić information content (AvgIpc) is 2.30. The van der Waals surface area contributed by atoms with E-state index in [1.165, 1.54) is 0 Å². The van der Waals surface area contributed by atoms with Crippen molar-refractivity contribution in [2.45, 2.75) is 6.04 Å². The first-order valence-corrected chi connectivity index (χ1v) is 3.54. The highest BCUT2D eigenvalue weighted by atomic mass is 16.2. The molecule has 2 heterocycles. The van der Waals surface area contributed by atoms with E-state index in [2.05, 4.69) is 10.6 Å². The maximum atomic E-state index is 11.0. The molecule has 2 unspecified atom stereocenters. The minimum Gasteiger partial charge on any atom is -0.301 e. The number of nitrogens with one attached hydrogen (secondary N) is 2. The van der Waals surface area contributed by atoms with Gasteiger partial charge in [-0.1, -0.05) is 12.2 Å². The molecule has 4 heteroatoms. The molecule has 0 radical (unpaired) electrons. The molecule has 58 valence electrons. The molecule has 2 atom stereocenters. The van der Waals surface area contributed by atoms with E-state index in [4.69, 9.17) is 0 Å². The van der Waals surface area contributed by atoms with E-state index in [0.29, 0.717) is 6.54 Å². The summed E-state index contributed by atoms with van der Waals surface area (Å²) in [6.45, 7) is 0.669.